The maximum atomic E-state index is 12.5. The van der Waals surface area contributed by atoms with Crippen LogP contribution in [0.3, 0.4) is 0 Å². The number of anilines is 2. The summed E-state index contributed by atoms with van der Waals surface area (Å²) in [7, 11) is 0. The number of carbonyl (C=O) groups excluding carboxylic acids is 2. The Morgan fingerprint density at radius 1 is 1.00 bits per heavy atom. The molecule has 0 radical (unpaired) electrons. The minimum atomic E-state index is -0.491. The van der Waals surface area contributed by atoms with Crippen LogP contribution >= 0.6 is 0 Å². The van der Waals surface area contributed by atoms with Crippen LogP contribution in [0.4, 0.5) is 11.4 Å². The number of benzene rings is 2. The van der Waals surface area contributed by atoms with E-state index in [9.17, 15) is 9.59 Å². The normalized spacial score (nSPS) is 16.0. The number of rotatable bonds is 6. The molecule has 3 N–H and O–H groups in total. The van der Waals surface area contributed by atoms with Crippen molar-refractivity contribution in [2.75, 3.05) is 23.8 Å². The lowest BCUT2D eigenvalue weighted by atomic mass is 10.1. The zero-order valence-corrected chi connectivity index (χ0v) is 15.7. The first-order chi connectivity index (χ1) is 13.6. The van der Waals surface area contributed by atoms with Crippen molar-refractivity contribution in [3.63, 3.8) is 0 Å². The third kappa shape index (κ3) is 4.36. The molecule has 2 aromatic carbocycles. The van der Waals surface area contributed by atoms with Crippen LogP contribution in [0.2, 0.25) is 0 Å². The quantitative estimate of drug-likeness (QED) is 0.716. The van der Waals surface area contributed by atoms with Crippen molar-refractivity contribution in [1.82, 2.24) is 5.32 Å². The van der Waals surface area contributed by atoms with Crippen LogP contribution in [-0.4, -0.2) is 37.1 Å². The third-order valence-corrected chi connectivity index (χ3v) is 4.62. The third-order valence-electron chi connectivity index (χ3n) is 4.62. The van der Waals surface area contributed by atoms with Gasteiger partial charge in [0.25, 0.3) is 5.91 Å². The lowest BCUT2D eigenvalue weighted by molar-refractivity contribution is -0.116. The Hall–Kier alpha value is -3.22. The number of nitrogens with one attached hydrogen (secondary N) is 3. The SMILES string of the molecule is CC(Nc1cccc(C(=O)NC2CC2)c1)C(=O)Nc1ccc2c(c1)OCCO2. The van der Waals surface area contributed by atoms with E-state index in [2.05, 4.69) is 16.0 Å². The second-order valence-electron chi connectivity index (χ2n) is 7.04. The molecule has 1 aliphatic heterocycles. The fourth-order valence-electron chi connectivity index (χ4n) is 2.93. The van der Waals surface area contributed by atoms with Crippen LogP contribution in [-0.2, 0) is 4.79 Å². The first-order valence-corrected chi connectivity index (χ1v) is 9.46. The van der Waals surface area contributed by atoms with Gasteiger partial charge in [0.15, 0.2) is 11.5 Å². The number of amides is 2. The lowest BCUT2D eigenvalue weighted by Crippen LogP contribution is -2.32. The summed E-state index contributed by atoms with van der Waals surface area (Å²) in [4.78, 5) is 24.7. The Morgan fingerprint density at radius 2 is 1.79 bits per heavy atom. The van der Waals surface area contributed by atoms with Gasteiger partial charge >= 0.3 is 0 Å². The largest absolute Gasteiger partial charge is 0.486 e. The average molecular weight is 381 g/mol. The van der Waals surface area contributed by atoms with Gasteiger partial charge in [0.1, 0.15) is 19.3 Å². The molecule has 7 heteroatoms. The summed E-state index contributed by atoms with van der Waals surface area (Å²) < 4.78 is 11.0. The van der Waals surface area contributed by atoms with E-state index in [-0.39, 0.29) is 11.8 Å². The predicted octanol–water partition coefficient (Wildman–Crippen LogP) is 2.79. The van der Waals surface area contributed by atoms with E-state index in [0.717, 1.165) is 12.8 Å². The van der Waals surface area contributed by atoms with Gasteiger partial charge in [0.2, 0.25) is 5.91 Å². The molecule has 0 aromatic heterocycles. The van der Waals surface area contributed by atoms with E-state index in [4.69, 9.17) is 9.47 Å². The minimum Gasteiger partial charge on any atom is -0.486 e. The molecule has 146 valence electrons. The van der Waals surface area contributed by atoms with Gasteiger partial charge in [-0.1, -0.05) is 6.07 Å². The van der Waals surface area contributed by atoms with Crippen molar-refractivity contribution in [1.29, 1.82) is 0 Å². The van der Waals surface area contributed by atoms with Crippen molar-refractivity contribution in [2.45, 2.75) is 31.8 Å². The van der Waals surface area contributed by atoms with Crippen molar-refractivity contribution in [2.24, 2.45) is 0 Å². The molecule has 4 rings (SSSR count). The molecule has 1 fully saturated rings. The van der Waals surface area contributed by atoms with Gasteiger partial charge in [-0.25, -0.2) is 0 Å². The van der Waals surface area contributed by atoms with Crippen LogP contribution in [0.15, 0.2) is 42.5 Å². The van der Waals surface area contributed by atoms with Crippen molar-refractivity contribution < 1.29 is 19.1 Å². The summed E-state index contributed by atoms with van der Waals surface area (Å²) in [5, 5.41) is 8.97. The highest BCUT2D eigenvalue weighted by Crippen LogP contribution is 2.32. The molecule has 7 nitrogen and oxygen atoms in total. The fourth-order valence-corrected chi connectivity index (χ4v) is 2.93. The molecule has 1 heterocycles. The number of hydrogen-bond donors (Lipinski definition) is 3. The van der Waals surface area contributed by atoms with Crippen LogP contribution in [0.25, 0.3) is 0 Å². The van der Waals surface area contributed by atoms with Crippen molar-refractivity contribution in [3.8, 4) is 11.5 Å². The summed E-state index contributed by atoms with van der Waals surface area (Å²) in [6.45, 7) is 2.79. The Morgan fingerprint density at radius 3 is 2.57 bits per heavy atom. The maximum Gasteiger partial charge on any atom is 0.251 e. The van der Waals surface area contributed by atoms with Crippen molar-refractivity contribution >= 4 is 23.2 Å². The van der Waals surface area contributed by atoms with Crippen LogP contribution in [0, 0.1) is 0 Å². The molecule has 1 aliphatic carbocycles. The molecule has 1 atom stereocenters. The molecular weight excluding hydrogens is 358 g/mol. The standard InChI is InChI=1S/C21H23N3O4/c1-13(20(25)24-17-7-8-18-19(12-17)28-10-9-27-18)22-16-4-2-3-14(11-16)21(26)23-15-5-6-15/h2-4,7-8,11-13,15,22H,5-6,9-10H2,1H3,(H,23,26)(H,24,25). The van der Waals surface area contributed by atoms with Gasteiger partial charge in [-0.2, -0.15) is 0 Å². The molecule has 28 heavy (non-hydrogen) atoms. The number of carbonyl (C=O) groups is 2. The van der Waals surface area contributed by atoms with Crippen molar-refractivity contribution in [3.05, 3.63) is 48.0 Å². The number of hydrogen-bond acceptors (Lipinski definition) is 5. The monoisotopic (exact) mass is 381 g/mol. The maximum absolute atomic E-state index is 12.5. The van der Waals surface area contributed by atoms with Gasteiger partial charge in [-0.15, -0.1) is 0 Å². The molecular formula is C21H23N3O4. The second-order valence-corrected chi connectivity index (χ2v) is 7.04. The summed E-state index contributed by atoms with van der Waals surface area (Å²) in [5.74, 6) is 1.03. The molecule has 1 saturated carbocycles. The zero-order valence-electron chi connectivity index (χ0n) is 15.7. The van der Waals surface area contributed by atoms with Gasteiger partial charge in [-0.3, -0.25) is 9.59 Å². The Labute approximate surface area is 163 Å². The van der Waals surface area contributed by atoms with Gasteiger partial charge in [-0.05, 0) is 50.1 Å². The first kappa shape index (κ1) is 18.2. The van der Waals surface area contributed by atoms with E-state index in [0.29, 0.717) is 47.7 Å². The minimum absolute atomic E-state index is 0.0838. The highest BCUT2D eigenvalue weighted by Gasteiger charge is 2.24. The van der Waals surface area contributed by atoms with Gasteiger partial charge in [0.05, 0.1) is 0 Å². The molecule has 2 amide bonds. The van der Waals surface area contributed by atoms with Crippen LogP contribution < -0.4 is 25.4 Å². The van der Waals surface area contributed by atoms with E-state index in [1.807, 2.05) is 6.07 Å². The summed E-state index contributed by atoms with van der Waals surface area (Å²) in [6.07, 6.45) is 2.08. The first-order valence-electron chi connectivity index (χ1n) is 9.46. The van der Waals surface area contributed by atoms with E-state index in [1.54, 1.807) is 43.3 Å². The molecule has 0 saturated heterocycles. The van der Waals surface area contributed by atoms with Gasteiger partial charge < -0.3 is 25.4 Å². The highest BCUT2D eigenvalue weighted by molar-refractivity contribution is 5.97. The van der Waals surface area contributed by atoms with E-state index in [1.165, 1.54) is 0 Å². The van der Waals surface area contributed by atoms with E-state index >= 15 is 0 Å². The van der Waals surface area contributed by atoms with E-state index < -0.39 is 6.04 Å². The smallest absolute Gasteiger partial charge is 0.251 e. The molecule has 2 aromatic rings. The van der Waals surface area contributed by atoms with Crippen LogP contribution in [0.5, 0.6) is 11.5 Å². The molecule has 0 bridgehead atoms. The van der Waals surface area contributed by atoms with Gasteiger partial charge in [0, 0.05) is 29.0 Å². The topological polar surface area (TPSA) is 88.7 Å². The zero-order chi connectivity index (χ0) is 19.5. The fraction of sp³-hybridized carbons (Fsp3) is 0.333. The molecule has 0 spiro atoms. The molecule has 2 aliphatic rings. The molecule has 1 unspecified atom stereocenters. The second kappa shape index (κ2) is 7.80. The highest BCUT2D eigenvalue weighted by atomic mass is 16.6. The summed E-state index contributed by atoms with van der Waals surface area (Å²) >= 11 is 0. The van der Waals surface area contributed by atoms with Crippen LogP contribution in [0.1, 0.15) is 30.1 Å². The number of fused-ring (bicyclic) bond motifs is 1. The summed E-state index contributed by atoms with van der Waals surface area (Å²) in [6, 6.07) is 12.3. The Bertz CT molecular complexity index is 895. The Kier molecular flexibility index (Phi) is 5.06. The summed E-state index contributed by atoms with van der Waals surface area (Å²) in [5.41, 5.74) is 1.94. The number of ether oxygens (including phenoxy) is 2. The average Bonchev–Trinajstić information content (AvgIpc) is 3.52. The predicted molar refractivity (Wildman–Crippen MR) is 106 cm³/mol. The Balaban J connectivity index is 1.37. The lowest BCUT2D eigenvalue weighted by Gasteiger charge is -2.20.